The minimum atomic E-state index is -0.773. The molecule has 0 unspecified atom stereocenters. The molecule has 2 saturated heterocycles. The van der Waals surface area contributed by atoms with Gasteiger partial charge in [-0.1, -0.05) is 0 Å². The van der Waals surface area contributed by atoms with Crippen LogP contribution in [0.15, 0.2) is 0 Å². The third kappa shape index (κ3) is 3.26. The third-order valence-electron chi connectivity index (χ3n) is 8.96. The summed E-state index contributed by atoms with van der Waals surface area (Å²) in [6, 6.07) is 0. The van der Waals surface area contributed by atoms with Gasteiger partial charge in [-0.25, -0.2) is 0 Å². The number of piperidine rings is 1. The molecule has 2 aliphatic heterocycles. The van der Waals surface area contributed by atoms with Gasteiger partial charge in [0.25, 0.3) is 0 Å². The summed E-state index contributed by atoms with van der Waals surface area (Å²) in [6.45, 7) is 1.88. The lowest BCUT2D eigenvalue weighted by Crippen LogP contribution is -2.64. The molecule has 6 heteroatoms. The van der Waals surface area contributed by atoms with Gasteiger partial charge in [0.2, 0.25) is 17.5 Å². The molecule has 7 rings (SSSR count). The molecule has 0 aromatic rings. The fourth-order valence-electron chi connectivity index (χ4n) is 7.43. The number of hydrogen-bond acceptors (Lipinski definition) is 5. The molecule has 6 nitrogen and oxygen atoms in total. The Hall–Kier alpha value is -0.690. The summed E-state index contributed by atoms with van der Waals surface area (Å²) in [7, 11) is 0. The van der Waals surface area contributed by atoms with E-state index in [9.17, 15) is 4.79 Å². The van der Waals surface area contributed by atoms with Gasteiger partial charge in [-0.15, -0.1) is 0 Å². The Bertz CT molecular complexity index is 597. The van der Waals surface area contributed by atoms with Crippen LogP contribution in [0.5, 0.6) is 0 Å². The Morgan fingerprint density at radius 1 is 0.793 bits per heavy atom. The van der Waals surface area contributed by atoms with Crippen LogP contribution in [0.4, 0.5) is 0 Å². The van der Waals surface area contributed by atoms with E-state index in [0.29, 0.717) is 30.1 Å². The highest BCUT2D eigenvalue weighted by atomic mass is 17.4. The first kappa shape index (κ1) is 19.0. The van der Waals surface area contributed by atoms with Crippen LogP contribution in [-0.4, -0.2) is 35.5 Å². The Morgan fingerprint density at radius 3 is 1.97 bits per heavy atom. The van der Waals surface area contributed by atoms with Crippen molar-refractivity contribution in [3.8, 4) is 0 Å². The molecule has 7 aliphatic rings. The van der Waals surface area contributed by atoms with E-state index in [1.165, 1.54) is 38.5 Å². The second kappa shape index (κ2) is 7.18. The van der Waals surface area contributed by atoms with E-state index in [-0.39, 0.29) is 0 Å². The number of likely N-dealkylation sites (tertiary alicyclic amines) is 1. The minimum Gasteiger partial charge on any atom is -0.343 e. The van der Waals surface area contributed by atoms with Crippen molar-refractivity contribution >= 4 is 5.91 Å². The van der Waals surface area contributed by atoms with E-state index in [1.54, 1.807) is 0 Å². The first-order valence-corrected chi connectivity index (χ1v) is 12.2. The van der Waals surface area contributed by atoms with E-state index in [1.807, 2.05) is 0 Å². The highest BCUT2D eigenvalue weighted by Gasteiger charge is 2.64. The highest BCUT2D eigenvalue weighted by Crippen LogP contribution is 2.61. The molecule has 162 valence electrons. The molecule has 5 saturated carbocycles. The zero-order valence-electron chi connectivity index (χ0n) is 17.5. The van der Waals surface area contributed by atoms with E-state index >= 15 is 0 Å². The number of amides is 1. The molecule has 2 heterocycles. The quantitative estimate of drug-likeness (QED) is 0.640. The maximum absolute atomic E-state index is 12.6. The predicted molar refractivity (Wildman–Crippen MR) is 104 cm³/mol. The largest absolute Gasteiger partial charge is 0.343 e. The lowest BCUT2D eigenvalue weighted by Gasteiger charge is -2.60. The first-order valence-electron chi connectivity index (χ1n) is 12.2. The molecule has 0 aromatic carbocycles. The number of nitrogens with zero attached hydrogens (tertiary/aromatic N) is 1. The van der Waals surface area contributed by atoms with Gasteiger partial charge in [0.1, 0.15) is 0 Å². The van der Waals surface area contributed by atoms with E-state index < -0.39 is 11.6 Å². The summed E-state index contributed by atoms with van der Waals surface area (Å²) in [5.74, 6) is 1.82. The van der Waals surface area contributed by atoms with Crippen LogP contribution in [0.3, 0.4) is 0 Å². The monoisotopic (exact) mass is 405 g/mol. The number of carbonyl (C=O) groups is 1. The van der Waals surface area contributed by atoms with Crippen LogP contribution in [0.2, 0.25) is 0 Å². The van der Waals surface area contributed by atoms with Crippen molar-refractivity contribution in [2.75, 3.05) is 13.1 Å². The Kier molecular flexibility index (Phi) is 4.71. The maximum Gasteiger partial charge on any atom is 0.239 e. The second-order valence-corrected chi connectivity index (χ2v) is 10.9. The zero-order chi connectivity index (χ0) is 19.5. The number of hydrogen-bond donors (Lipinski definition) is 0. The second-order valence-electron chi connectivity index (χ2n) is 10.9. The van der Waals surface area contributed by atoms with Crippen molar-refractivity contribution in [2.45, 2.75) is 95.0 Å². The zero-order valence-corrected chi connectivity index (χ0v) is 17.5. The summed E-state index contributed by atoms with van der Waals surface area (Å²) in [4.78, 5) is 38.9. The van der Waals surface area contributed by atoms with E-state index in [0.717, 1.165) is 63.5 Å². The molecule has 2 spiro atoms. The SMILES string of the molecule is O=C(CC1CCC2(CC1)OOC1(OO2)C2CC3CC(C2)CC1C3)N1CCCCC1. The maximum atomic E-state index is 12.6. The fourth-order valence-corrected chi connectivity index (χ4v) is 7.43. The molecule has 4 bridgehead atoms. The van der Waals surface area contributed by atoms with Gasteiger partial charge in [-0.2, -0.15) is 19.6 Å². The van der Waals surface area contributed by atoms with Crippen molar-refractivity contribution in [1.82, 2.24) is 4.90 Å². The Morgan fingerprint density at radius 2 is 1.38 bits per heavy atom. The molecular formula is C23H35NO5. The minimum absolute atomic E-state index is 0.330. The van der Waals surface area contributed by atoms with Crippen LogP contribution >= 0.6 is 0 Å². The van der Waals surface area contributed by atoms with Crippen LogP contribution in [0.25, 0.3) is 0 Å². The van der Waals surface area contributed by atoms with Crippen molar-refractivity contribution in [2.24, 2.45) is 29.6 Å². The van der Waals surface area contributed by atoms with Crippen molar-refractivity contribution in [3.05, 3.63) is 0 Å². The molecule has 0 N–H and O–H groups in total. The molecule has 0 radical (unpaired) electrons. The van der Waals surface area contributed by atoms with Crippen LogP contribution in [-0.2, 0) is 24.3 Å². The number of rotatable bonds is 2. The van der Waals surface area contributed by atoms with Gasteiger partial charge in [-0.3, -0.25) is 4.79 Å². The summed E-state index contributed by atoms with van der Waals surface area (Å²) >= 11 is 0. The molecule has 29 heavy (non-hydrogen) atoms. The van der Waals surface area contributed by atoms with Gasteiger partial charge in [-0.05, 0) is 82.0 Å². The molecule has 5 aliphatic carbocycles. The molecule has 0 atom stereocenters. The average molecular weight is 406 g/mol. The predicted octanol–water partition coefficient (Wildman–Crippen LogP) is 4.34. The highest BCUT2D eigenvalue weighted by molar-refractivity contribution is 5.76. The summed E-state index contributed by atoms with van der Waals surface area (Å²) in [5.41, 5.74) is 0. The van der Waals surface area contributed by atoms with E-state index in [2.05, 4.69) is 4.90 Å². The summed E-state index contributed by atoms with van der Waals surface area (Å²) < 4.78 is 0. The fraction of sp³-hybridized carbons (Fsp3) is 0.957. The Balaban J connectivity index is 1.03. The summed E-state index contributed by atoms with van der Waals surface area (Å²) in [6.07, 6.45) is 13.7. The third-order valence-corrected chi connectivity index (χ3v) is 8.96. The van der Waals surface area contributed by atoms with Crippen LogP contribution < -0.4 is 0 Å². The normalized spacial score (nSPS) is 49.1. The van der Waals surface area contributed by atoms with Gasteiger partial charge in [0.05, 0.1) is 0 Å². The van der Waals surface area contributed by atoms with E-state index in [4.69, 9.17) is 19.6 Å². The lowest BCUT2D eigenvalue weighted by atomic mass is 9.53. The lowest BCUT2D eigenvalue weighted by molar-refractivity contribution is -0.680. The van der Waals surface area contributed by atoms with Crippen molar-refractivity contribution in [3.63, 3.8) is 0 Å². The molecule has 0 aromatic heterocycles. The van der Waals surface area contributed by atoms with Gasteiger partial charge in [0.15, 0.2) is 0 Å². The molecule has 7 fully saturated rings. The standard InChI is InChI=1S/C23H35NO5/c25-21(24-8-2-1-3-9-24)15-16-4-6-22(7-5-16)26-28-23(29-27-22)19-11-17-10-18(13-19)14-20(23)12-17/h16-20H,1-15H2. The first-order chi connectivity index (χ1) is 14.1. The molecule has 1 amide bonds. The van der Waals surface area contributed by atoms with Gasteiger partial charge >= 0.3 is 0 Å². The van der Waals surface area contributed by atoms with Gasteiger partial charge < -0.3 is 4.90 Å². The number of carbonyl (C=O) groups excluding carboxylic acids is 1. The van der Waals surface area contributed by atoms with Gasteiger partial charge in [0, 0.05) is 44.2 Å². The summed E-state index contributed by atoms with van der Waals surface area (Å²) in [5, 5.41) is 0. The Labute approximate surface area is 173 Å². The average Bonchev–Trinajstić information content (AvgIpc) is 2.75. The smallest absolute Gasteiger partial charge is 0.239 e. The van der Waals surface area contributed by atoms with Crippen molar-refractivity contribution in [1.29, 1.82) is 0 Å². The topological polar surface area (TPSA) is 57.2 Å². The van der Waals surface area contributed by atoms with Crippen LogP contribution in [0, 0.1) is 29.6 Å². The van der Waals surface area contributed by atoms with Crippen LogP contribution in [0.1, 0.15) is 83.5 Å². The van der Waals surface area contributed by atoms with Crippen molar-refractivity contribution < 1.29 is 24.3 Å². The molecular weight excluding hydrogens is 370 g/mol.